The molecule has 3 heterocycles. The molecule has 4 unspecified atom stereocenters. The van der Waals surface area contributed by atoms with Gasteiger partial charge < -0.3 is 23.7 Å². The zero-order valence-corrected chi connectivity index (χ0v) is 23.2. The average Bonchev–Trinajstić information content (AvgIpc) is 3.60. The van der Waals surface area contributed by atoms with Gasteiger partial charge in [-0.05, 0) is 42.7 Å². The van der Waals surface area contributed by atoms with Crippen LogP contribution in [0.25, 0.3) is 0 Å². The molecule has 3 aliphatic heterocycles. The molecule has 0 saturated carbocycles. The van der Waals surface area contributed by atoms with E-state index in [2.05, 4.69) is 0 Å². The third kappa shape index (κ3) is 5.72. The Bertz CT molecular complexity index is 1320. The van der Waals surface area contributed by atoms with Crippen molar-refractivity contribution in [3.63, 3.8) is 0 Å². The van der Waals surface area contributed by atoms with Crippen LogP contribution in [0.15, 0.2) is 84.9 Å². The molecule has 3 aromatic carbocycles. The molecule has 0 aliphatic carbocycles. The summed E-state index contributed by atoms with van der Waals surface area (Å²) < 4.78 is 30.5. The molecule has 10 heteroatoms. The molecule has 216 valence electrons. The first-order chi connectivity index (χ1) is 19.8. The summed E-state index contributed by atoms with van der Waals surface area (Å²) >= 11 is 0. The smallest absolute Gasteiger partial charge is 0.265 e. The Hall–Kier alpha value is -3.38. The number of hydrogen-bond donors (Lipinski definition) is 0. The number of methoxy groups -OCH3 is 1. The zero-order valence-electron chi connectivity index (χ0n) is 23.2. The number of ether oxygens (including phenoxy) is 5. The lowest BCUT2D eigenvalue weighted by atomic mass is 9.91. The minimum Gasteiger partial charge on any atom is -0.497 e. The van der Waals surface area contributed by atoms with Gasteiger partial charge in [-0.15, -0.1) is 0 Å². The van der Waals surface area contributed by atoms with Gasteiger partial charge in [0.1, 0.15) is 30.1 Å². The van der Waals surface area contributed by atoms with Crippen LogP contribution in [-0.2, 0) is 36.9 Å². The third-order valence-electron chi connectivity index (χ3n) is 7.76. The standard InChI is InChI=1S/C31H34N2O8/c1-31(2)39-29-28(37-19-21-12-8-5-9-13-21)27(38-30(29)40-31)24-25(33(34)35)26(22-14-16-23(36-3)17-15-22)41-32(24)18-20-10-6-4-7-11-20/h4-17,24-30H,18-19H2,1-3H3/t24?,25?,26?,27?,28-,29+,30+/m0/s1. The summed E-state index contributed by atoms with van der Waals surface area (Å²) in [5, 5.41) is 14.5. The van der Waals surface area contributed by atoms with Gasteiger partial charge in [0, 0.05) is 11.5 Å². The summed E-state index contributed by atoms with van der Waals surface area (Å²) in [6.07, 6.45) is -3.58. The van der Waals surface area contributed by atoms with E-state index in [9.17, 15) is 10.1 Å². The van der Waals surface area contributed by atoms with E-state index in [1.807, 2.05) is 74.5 Å². The van der Waals surface area contributed by atoms with E-state index < -0.39 is 48.6 Å². The van der Waals surface area contributed by atoms with E-state index in [1.54, 1.807) is 36.4 Å². The van der Waals surface area contributed by atoms with E-state index in [0.29, 0.717) is 17.9 Å². The van der Waals surface area contributed by atoms with Gasteiger partial charge in [0.05, 0.1) is 13.7 Å². The average molecular weight is 563 g/mol. The highest BCUT2D eigenvalue weighted by Gasteiger charge is 2.64. The number of hydroxylamine groups is 2. The van der Waals surface area contributed by atoms with Crippen LogP contribution in [0.1, 0.15) is 36.6 Å². The molecule has 0 N–H and O–H groups in total. The Kier molecular flexibility index (Phi) is 7.78. The van der Waals surface area contributed by atoms with E-state index in [4.69, 9.17) is 28.5 Å². The fourth-order valence-electron chi connectivity index (χ4n) is 5.91. The first-order valence-corrected chi connectivity index (χ1v) is 13.7. The van der Waals surface area contributed by atoms with Crippen molar-refractivity contribution >= 4 is 0 Å². The van der Waals surface area contributed by atoms with Crippen LogP contribution in [0.3, 0.4) is 0 Å². The normalized spacial score (nSPS) is 30.8. The van der Waals surface area contributed by atoms with Crippen LogP contribution in [0, 0.1) is 10.1 Å². The lowest BCUT2D eigenvalue weighted by Crippen LogP contribution is -2.53. The summed E-state index contributed by atoms with van der Waals surface area (Å²) in [5.41, 5.74) is 2.59. The number of nitro groups is 1. The lowest BCUT2D eigenvalue weighted by molar-refractivity contribution is -0.533. The second-order valence-corrected chi connectivity index (χ2v) is 11.0. The fourth-order valence-corrected chi connectivity index (χ4v) is 5.91. The van der Waals surface area contributed by atoms with Crippen molar-refractivity contribution in [3.05, 3.63) is 112 Å². The Labute approximate surface area is 238 Å². The quantitative estimate of drug-likeness (QED) is 0.272. The molecule has 0 amide bonds. The molecule has 3 fully saturated rings. The molecule has 10 nitrogen and oxygen atoms in total. The summed E-state index contributed by atoms with van der Waals surface area (Å²) in [5.74, 6) is -0.223. The number of hydrogen-bond acceptors (Lipinski definition) is 9. The van der Waals surface area contributed by atoms with Gasteiger partial charge in [-0.3, -0.25) is 15.0 Å². The largest absolute Gasteiger partial charge is 0.497 e. The predicted octanol–water partition coefficient (Wildman–Crippen LogP) is 4.66. The van der Waals surface area contributed by atoms with Gasteiger partial charge >= 0.3 is 0 Å². The Morgan fingerprint density at radius 3 is 2.20 bits per heavy atom. The molecule has 3 aliphatic rings. The molecule has 3 saturated heterocycles. The highest BCUT2D eigenvalue weighted by Crippen LogP contribution is 2.46. The topological polar surface area (TPSA) is 102 Å². The molecule has 41 heavy (non-hydrogen) atoms. The Balaban J connectivity index is 1.36. The Morgan fingerprint density at radius 1 is 0.902 bits per heavy atom. The highest BCUT2D eigenvalue weighted by molar-refractivity contribution is 5.30. The molecule has 0 aromatic heterocycles. The van der Waals surface area contributed by atoms with Gasteiger partial charge in [0.2, 0.25) is 0 Å². The van der Waals surface area contributed by atoms with Crippen LogP contribution < -0.4 is 4.74 Å². The molecule has 6 rings (SSSR count). The second kappa shape index (κ2) is 11.5. The summed E-state index contributed by atoms with van der Waals surface area (Å²) in [7, 11) is 1.58. The molecule has 0 bridgehead atoms. The predicted molar refractivity (Wildman–Crippen MR) is 147 cm³/mol. The lowest BCUT2D eigenvalue weighted by Gasteiger charge is -2.32. The van der Waals surface area contributed by atoms with Crippen LogP contribution in [0.2, 0.25) is 0 Å². The molecular weight excluding hydrogens is 528 g/mol. The van der Waals surface area contributed by atoms with Crippen molar-refractivity contribution in [2.75, 3.05) is 7.11 Å². The van der Waals surface area contributed by atoms with Crippen LogP contribution in [0.5, 0.6) is 5.75 Å². The molecule has 3 aromatic rings. The highest BCUT2D eigenvalue weighted by atomic mass is 16.8. The van der Waals surface area contributed by atoms with Gasteiger partial charge in [-0.1, -0.05) is 72.8 Å². The summed E-state index contributed by atoms with van der Waals surface area (Å²) in [6.45, 7) is 4.24. The molecule has 0 radical (unpaired) electrons. The Morgan fingerprint density at radius 2 is 1.56 bits per heavy atom. The number of benzene rings is 3. The van der Waals surface area contributed by atoms with Crippen molar-refractivity contribution in [3.8, 4) is 5.75 Å². The van der Waals surface area contributed by atoms with Crippen molar-refractivity contribution < 1.29 is 33.4 Å². The van der Waals surface area contributed by atoms with Crippen LogP contribution in [-0.4, -0.2) is 59.6 Å². The van der Waals surface area contributed by atoms with Gasteiger partial charge in [0.25, 0.3) is 6.04 Å². The first-order valence-electron chi connectivity index (χ1n) is 13.7. The van der Waals surface area contributed by atoms with Crippen molar-refractivity contribution in [2.24, 2.45) is 0 Å². The van der Waals surface area contributed by atoms with E-state index in [-0.39, 0.29) is 11.5 Å². The number of rotatable bonds is 9. The second-order valence-electron chi connectivity index (χ2n) is 11.0. The fraction of sp³-hybridized carbons (Fsp3) is 0.419. The van der Waals surface area contributed by atoms with E-state index >= 15 is 0 Å². The van der Waals surface area contributed by atoms with Gasteiger partial charge in [0.15, 0.2) is 18.2 Å². The van der Waals surface area contributed by atoms with Crippen molar-refractivity contribution in [1.82, 2.24) is 5.06 Å². The first kappa shape index (κ1) is 27.8. The maximum Gasteiger partial charge on any atom is 0.265 e. The van der Waals surface area contributed by atoms with Crippen LogP contribution in [0.4, 0.5) is 0 Å². The molecule has 0 spiro atoms. The van der Waals surface area contributed by atoms with E-state index in [1.165, 1.54) is 0 Å². The molecule has 7 atom stereocenters. The summed E-state index contributed by atoms with van der Waals surface area (Å²) in [4.78, 5) is 19.0. The minimum absolute atomic E-state index is 0.276. The van der Waals surface area contributed by atoms with Crippen molar-refractivity contribution in [1.29, 1.82) is 0 Å². The zero-order chi connectivity index (χ0) is 28.6. The maximum atomic E-state index is 12.8. The van der Waals surface area contributed by atoms with Crippen molar-refractivity contribution in [2.45, 2.75) is 75.6 Å². The van der Waals surface area contributed by atoms with E-state index in [0.717, 1.165) is 11.1 Å². The van der Waals surface area contributed by atoms with Crippen LogP contribution >= 0.6 is 0 Å². The maximum absolute atomic E-state index is 12.8. The SMILES string of the molecule is COc1ccc(C2ON(Cc3ccccc3)C(C3O[C@@H]4OC(C)(C)O[C@@H]4[C@H]3OCc3ccccc3)C2[N+](=O)[O-])cc1. The monoisotopic (exact) mass is 562 g/mol. The minimum atomic E-state index is -1.16. The third-order valence-corrected chi connectivity index (χ3v) is 7.76. The number of fused-ring (bicyclic) bond motifs is 1. The van der Waals surface area contributed by atoms with Gasteiger partial charge in [-0.25, -0.2) is 0 Å². The van der Waals surface area contributed by atoms with Gasteiger partial charge in [-0.2, -0.15) is 5.06 Å². The summed E-state index contributed by atoms with van der Waals surface area (Å²) in [6, 6.07) is 24.7. The molecular formula is C31H34N2O8. The number of nitrogens with zero attached hydrogens (tertiary/aromatic N) is 2.